The standard InChI is InChI=1S/C26H36O4/c1-6-7-22(30-16(3)27)20-14-23(29)25(4)11-10-21-19(24(20)25)9-8-17-13-18(28)12-15(2)26(17,21)5/h12-13,19-22,24H,6-11,14H2,1-5H3/t19-,20+,21+,22?,24-,25-,26+/m1/s1. The maximum absolute atomic E-state index is 13.3. The molecular formula is C26H36O4. The Hall–Kier alpha value is -1.71. The number of carbonyl (C=O) groups is 3. The van der Waals surface area contributed by atoms with Crippen LogP contribution in [0.25, 0.3) is 0 Å². The average Bonchev–Trinajstić information content (AvgIpc) is 2.94. The monoisotopic (exact) mass is 412 g/mol. The summed E-state index contributed by atoms with van der Waals surface area (Å²) in [6, 6.07) is 0. The second-order valence-corrected chi connectivity index (χ2v) is 10.6. The Morgan fingerprint density at radius 2 is 1.97 bits per heavy atom. The van der Waals surface area contributed by atoms with E-state index in [0.29, 0.717) is 24.0 Å². The maximum Gasteiger partial charge on any atom is 0.302 e. The summed E-state index contributed by atoms with van der Waals surface area (Å²) >= 11 is 0. The Bertz CT molecular complexity index is 836. The zero-order valence-corrected chi connectivity index (χ0v) is 19.1. The van der Waals surface area contributed by atoms with Crippen LogP contribution in [0.3, 0.4) is 0 Å². The Morgan fingerprint density at radius 3 is 2.63 bits per heavy atom. The Morgan fingerprint density at radius 1 is 1.23 bits per heavy atom. The normalized spacial score (nSPS) is 41.2. The van der Waals surface area contributed by atoms with Gasteiger partial charge in [0.15, 0.2) is 5.78 Å². The summed E-state index contributed by atoms with van der Waals surface area (Å²) < 4.78 is 5.81. The van der Waals surface area contributed by atoms with Crippen LogP contribution in [-0.2, 0) is 19.1 Å². The molecule has 30 heavy (non-hydrogen) atoms. The second kappa shape index (κ2) is 7.46. The van der Waals surface area contributed by atoms with Gasteiger partial charge in [0.05, 0.1) is 0 Å². The molecule has 1 unspecified atom stereocenters. The molecular weight excluding hydrogens is 376 g/mol. The number of hydrogen-bond acceptors (Lipinski definition) is 4. The summed E-state index contributed by atoms with van der Waals surface area (Å²) in [6.07, 6.45) is 9.68. The molecule has 3 saturated carbocycles. The zero-order chi connectivity index (χ0) is 21.8. The number of hydrogen-bond donors (Lipinski definition) is 0. The smallest absolute Gasteiger partial charge is 0.302 e. The van der Waals surface area contributed by atoms with E-state index in [1.54, 1.807) is 0 Å². The van der Waals surface area contributed by atoms with Gasteiger partial charge in [-0.2, -0.15) is 0 Å². The molecule has 4 aliphatic rings. The second-order valence-electron chi connectivity index (χ2n) is 10.6. The van der Waals surface area contributed by atoms with Crippen molar-refractivity contribution in [2.24, 2.45) is 34.5 Å². The van der Waals surface area contributed by atoms with E-state index in [0.717, 1.165) is 38.5 Å². The summed E-state index contributed by atoms with van der Waals surface area (Å²) in [7, 11) is 0. The fourth-order valence-corrected chi connectivity index (χ4v) is 7.73. The van der Waals surface area contributed by atoms with Gasteiger partial charge in [0.1, 0.15) is 11.9 Å². The first-order valence-electron chi connectivity index (χ1n) is 11.8. The number of allylic oxidation sites excluding steroid dienone is 4. The largest absolute Gasteiger partial charge is 0.462 e. The van der Waals surface area contributed by atoms with Gasteiger partial charge in [-0.1, -0.05) is 38.3 Å². The fraction of sp³-hybridized carbons (Fsp3) is 0.731. The van der Waals surface area contributed by atoms with E-state index in [1.807, 2.05) is 12.2 Å². The third-order valence-corrected chi connectivity index (χ3v) is 9.23. The molecule has 4 aliphatic carbocycles. The van der Waals surface area contributed by atoms with E-state index in [9.17, 15) is 14.4 Å². The number of Topliss-reactive ketones (excluding diaryl/α,β-unsaturated/α-hetero) is 1. The van der Waals surface area contributed by atoms with Crippen molar-refractivity contribution in [3.63, 3.8) is 0 Å². The molecule has 0 bridgehead atoms. The third-order valence-electron chi connectivity index (χ3n) is 9.23. The first-order chi connectivity index (χ1) is 14.1. The number of ketones is 2. The lowest BCUT2D eigenvalue weighted by Gasteiger charge is -2.58. The topological polar surface area (TPSA) is 60.4 Å². The van der Waals surface area contributed by atoms with Gasteiger partial charge >= 0.3 is 5.97 Å². The lowest BCUT2D eigenvalue weighted by molar-refractivity contribution is -0.153. The lowest BCUT2D eigenvalue weighted by atomic mass is 9.46. The van der Waals surface area contributed by atoms with Crippen molar-refractivity contribution < 1.29 is 19.1 Å². The van der Waals surface area contributed by atoms with E-state index in [2.05, 4.69) is 27.7 Å². The van der Waals surface area contributed by atoms with Gasteiger partial charge in [0.2, 0.25) is 0 Å². The van der Waals surface area contributed by atoms with E-state index < -0.39 is 0 Å². The van der Waals surface area contributed by atoms with E-state index in [4.69, 9.17) is 4.74 Å². The van der Waals surface area contributed by atoms with Crippen LogP contribution in [-0.4, -0.2) is 23.6 Å². The molecule has 7 atom stereocenters. The molecule has 4 rings (SSSR count). The molecule has 0 saturated heterocycles. The molecule has 0 radical (unpaired) electrons. The van der Waals surface area contributed by atoms with Gasteiger partial charge in [-0.05, 0) is 68.9 Å². The van der Waals surface area contributed by atoms with Crippen LogP contribution in [0.4, 0.5) is 0 Å². The molecule has 3 fully saturated rings. The van der Waals surface area contributed by atoms with Gasteiger partial charge in [-0.15, -0.1) is 0 Å². The summed E-state index contributed by atoms with van der Waals surface area (Å²) in [5.41, 5.74) is 2.06. The Kier molecular flexibility index (Phi) is 5.35. The molecule has 0 aromatic carbocycles. The van der Waals surface area contributed by atoms with Gasteiger partial charge in [-0.25, -0.2) is 0 Å². The summed E-state index contributed by atoms with van der Waals surface area (Å²) in [4.78, 5) is 37.3. The first-order valence-corrected chi connectivity index (χ1v) is 11.8. The van der Waals surface area contributed by atoms with Crippen LogP contribution in [0.15, 0.2) is 23.3 Å². The highest BCUT2D eigenvalue weighted by molar-refractivity contribution is 6.02. The number of carbonyl (C=O) groups excluding carboxylic acids is 3. The molecule has 0 aliphatic heterocycles. The van der Waals surface area contributed by atoms with Crippen molar-refractivity contribution in [2.75, 3.05) is 0 Å². The highest BCUT2D eigenvalue weighted by atomic mass is 16.5. The SMILES string of the molecule is CCCC(OC(C)=O)[C@@H]1CC(=O)[C@@]2(C)CC[C@H]3[C@@H](CCC4=CC(=O)C=C(C)[C@@]43C)[C@H]12. The van der Waals surface area contributed by atoms with Gasteiger partial charge in [-0.3, -0.25) is 14.4 Å². The summed E-state index contributed by atoms with van der Waals surface area (Å²) in [5.74, 6) is 1.47. The molecule has 0 N–H and O–H groups in total. The van der Waals surface area contributed by atoms with Crippen LogP contribution in [0.1, 0.15) is 79.6 Å². The van der Waals surface area contributed by atoms with Crippen LogP contribution >= 0.6 is 0 Å². The van der Waals surface area contributed by atoms with Crippen LogP contribution in [0.5, 0.6) is 0 Å². The van der Waals surface area contributed by atoms with Crippen LogP contribution < -0.4 is 0 Å². The average molecular weight is 413 g/mol. The van der Waals surface area contributed by atoms with Crippen molar-refractivity contribution >= 4 is 17.5 Å². The number of rotatable bonds is 4. The molecule has 0 spiro atoms. The lowest BCUT2D eigenvalue weighted by Crippen LogP contribution is -2.53. The first kappa shape index (κ1) is 21.5. The number of ether oxygens (including phenoxy) is 1. The van der Waals surface area contributed by atoms with Gasteiger partial charge < -0.3 is 4.74 Å². The molecule has 0 heterocycles. The predicted molar refractivity (Wildman–Crippen MR) is 116 cm³/mol. The highest BCUT2D eigenvalue weighted by Gasteiger charge is 2.63. The summed E-state index contributed by atoms with van der Waals surface area (Å²) in [5, 5.41) is 0. The minimum atomic E-state index is -0.308. The minimum absolute atomic E-state index is 0.0873. The molecule has 164 valence electrons. The Balaban J connectivity index is 1.73. The molecule has 0 aromatic rings. The van der Waals surface area contributed by atoms with Crippen LogP contribution in [0, 0.1) is 34.5 Å². The van der Waals surface area contributed by atoms with Crippen molar-refractivity contribution in [3.05, 3.63) is 23.3 Å². The maximum atomic E-state index is 13.3. The predicted octanol–water partition coefficient (Wildman–Crippen LogP) is 5.21. The highest BCUT2D eigenvalue weighted by Crippen LogP contribution is 2.66. The molecule has 4 heteroatoms. The van der Waals surface area contributed by atoms with Crippen molar-refractivity contribution in [2.45, 2.75) is 85.7 Å². The minimum Gasteiger partial charge on any atom is -0.462 e. The Labute approximate surface area is 180 Å². The van der Waals surface area contributed by atoms with E-state index in [-0.39, 0.29) is 40.5 Å². The van der Waals surface area contributed by atoms with Crippen molar-refractivity contribution in [3.8, 4) is 0 Å². The molecule has 0 aromatic heterocycles. The zero-order valence-electron chi connectivity index (χ0n) is 19.1. The summed E-state index contributed by atoms with van der Waals surface area (Å²) in [6.45, 7) is 10.2. The van der Waals surface area contributed by atoms with Crippen molar-refractivity contribution in [1.29, 1.82) is 0 Å². The molecule has 4 nitrogen and oxygen atoms in total. The number of fused-ring (bicyclic) bond motifs is 5. The molecule has 0 amide bonds. The van der Waals surface area contributed by atoms with Gasteiger partial charge in [0.25, 0.3) is 0 Å². The third kappa shape index (κ3) is 3.05. The van der Waals surface area contributed by atoms with Gasteiger partial charge in [0, 0.05) is 30.1 Å². The number of esters is 1. The van der Waals surface area contributed by atoms with E-state index in [1.165, 1.54) is 18.1 Å². The quantitative estimate of drug-likeness (QED) is 0.595. The van der Waals surface area contributed by atoms with Crippen LogP contribution in [0.2, 0.25) is 0 Å². The van der Waals surface area contributed by atoms with E-state index >= 15 is 0 Å². The fourth-order valence-electron chi connectivity index (χ4n) is 7.73. The van der Waals surface area contributed by atoms with Crippen molar-refractivity contribution in [1.82, 2.24) is 0 Å².